The van der Waals surface area contributed by atoms with E-state index >= 15 is 0 Å². The molecule has 0 aliphatic carbocycles. The molecule has 0 aromatic heterocycles. The number of benzene rings is 2. The highest BCUT2D eigenvalue weighted by atomic mass is 35.5. The predicted octanol–water partition coefficient (Wildman–Crippen LogP) is 3.40. The van der Waals surface area contributed by atoms with Gasteiger partial charge >= 0.3 is 0 Å². The summed E-state index contributed by atoms with van der Waals surface area (Å²) in [5.41, 5.74) is 8.84. The van der Waals surface area contributed by atoms with Crippen molar-refractivity contribution >= 4 is 23.2 Å². The van der Waals surface area contributed by atoms with E-state index < -0.39 is 0 Å². The Bertz CT molecular complexity index is 608. The van der Waals surface area contributed by atoms with Crippen LogP contribution in [-0.2, 0) is 6.42 Å². The molecule has 2 aromatic carbocycles. The zero-order chi connectivity index (χ0) is 14.5. The van der Waals surface area contributed by atoms with Crippen molar-refractivity contribution < 1.29 is 4.79 Å². The highest BCUT2D eigenvalue weighted by Gasteiger charge is 2.08. The molecule has 0 saturated heterocycles. The number of carbonyl (C=O) groups excluding carboxylic acids is 1. The van der Waals surface area contributed by atoms with Crippen molar-refractivity contribution in [3.63, 3.8) is 0 Å². The lowest BCUT2D eigenvalue weighted by Gasteiger charge is -2.09. The Labute approximate surface area is 123 Å². The fourth-order valence-corrected chi connectivity index (χ4v) is 2.10. The third-order valence-electron chi connectivity index (χ3n) is 3.17. The Morgan fingerprint density at radius 2 is 1.90 bits per heavy atom. The summed E-state index contributed by atoms with van der Waals surface area (Å²) in [6.45, 7) is 2.48. The standard InChI is InChI=1S/C16H17ClN2O/c1-11-14(17)3-2-4-15(11)19-16(20)13-7-5-12(6-8-13)9-10-18/h2-8H,9-10,18H2,1H3,(H,19,20). The minimum absolute atomic E-state index is 0.144. The molecule has 4 heteroatoms. The van der Waals surface area contributed by atoms with Gasteiger partial charge in [0.1, 0.15) is 0 Å². The van der Waals surface area contributed by atoms with Crippen LogP contribution in [0.25, 0.3) is 0 Å². The Balaban J connectivity index is 2.13. The minimum Gasteiger partial charge on any atom is -0.330 e. The predicted molar refractivity (Wildman–Crippen MR) is 83.3 cm³/mol. The number of hydrogen-bond acceptors (Lipinski definition) is 2. The van der Waals surface area contributed by atoms with Crippen LogP contribution in [0.15, 0.2) is 42.5 Å². The Morgan fingerprint density at radius 1 is 1.20 bits per heavy atom. The second-order valence-electron chi connectivity index (χ2n) is 4.60. The molecule has 0 spiro atoms. The van der Waals surface area contributed by atoms with E-state index in [9.17, 15) is 4.79 Å². The van der Waals surface area contributed by atoms with E-state index in [0.717, 1.165) is 23.2 Å². The molecule has 1 amide bonds. The third-order valence-corrected chi connectivity index (χ3v) is 3.57. The van der Waals surface area contributed by atoms with Crippen LogP contribution in [0, 0.1) is 6.92 Å². The molecule has 0 unspecified atom stereocenters. The lowest BCUT2D eigenvalue weighted by Crippen LogP contribution is -2.13. The van der Waals surface area contributed by atoms with Gasteiger partial charge in [0.25, 0.3) is 5.91 Å². The van der Waals surface area contributed by atoms with E-state index in [4.69, 9.17) is 17.3 Å². The molecule has 3 nitrogen and oxygen atoms in total. The average Bonchev–Trinajstić information content (AvgIpc) is 2.45. The summed E-state index contributed by atoms with van der Waals surface area (Å²) < 4.78 is 0. The molecular weight excluding hydrogens is 272 g/mol. The number of anilines is 1. The summed E-state index contributed by atoms with van der Waals surface area (Å²) in [7, 11) is 0. The third kappa shape index (κ3) is 3.38. The number of nitrogens with one attached hydrogen (secondary N) is 1. The summed E-state index contributed by atoms with van der Waals surface area (Å²) in [6.07, 6.45) is 0.815. The van der Waals surface area contributed by atoms with Gasteiger partial charge in [0.2, 0.25) is 0 Å². The SMILES string of the molecule is Cc1c(Cl)cccc1NC(=O)c1ccc(CCN)cc1. The first-order chi connectivity index (χ1) is 9.61. The molecule has 20 heavy (non-hydrogen) atoms. The Kier molecular flexibility index (Phi) is 4.77. The van der Waals surface area contributed by atoms with Crippen molar-refractivity contribution in [1.82, 2.24) is 0 Å². The van der Waals surface area contributed by atoms with E-state index in [0.29, 0.717) is 17.1 Å². The number of rotatable bonds is 4. The molecule has 2 aromatic rings. The molecular formula is C16H17ClN2O. The van der Waals surface area contributed by atoms with Crippen LogP contribution in [0.3, 0.4) is 0 Å². The molecule has 3 N–H and O–H groups in total. The summed E-state index contributed by atoms with van der Waals surface area (Å²) in [4.78, 5) is 12.2. The van der Waals surface area contributed by atoms with Gasteiger partial charge < -0.3 is 11.1 Å². The zero-order valence-electron chi connectivity index (χ0n) is 11.3. The molecule has 0 bridgehead atoms. The average molecular weight is 289 g/mol. The quantitative estimate of drug-likeness (QED) is 0.906. The first-order valence-electron chi connectivity index (χ1n) is 6.47. The fourth-order valence-electron chi connectivity index (χ4n) is 1.93. The molecule has 0 saturated carbocycles. The highest BCUT2D eigenvalue weighted by Crippen LogP contribution is 2.23. The summed E-state index contributed by atoms with van der Waals surface area (Å²) >= 11 is 6.04. The van der Waals surface area contributed by atoms with Crippen LogP contribution >= 0.6 is 11.6 Å². The number of hydrogen-bond donors (Lipinski definition) is 2. The van der Waals surface area contributed by atoms with Crippen molar-refractivity contribution in [2.45, 2.75) is 13.3 Å². The van der Waals surface area contributed by atoms with Crippen LogP contribution < -0.4 is 11.1 Å². The molecule has 104 valence electrons. The number of carbonyl (C=O) groups is 1. The minimum atomic E-state index is -0.144. The number of amides is 1. The van der Waals surface area contributed by atoms with Crippen LogP contribution in [0.2, 0.25) is 5.02 Å². The number of halogens is 1. The Hall–Kier alpha value is -1.84. The van der Waals surface area contributed by atoms with E-state index in [-0.39, 0.29) is 5.91 Å². The molecule has 0 fully saturated rings. The topological polar surface area (TPSA) is 55.1 Å². The highest BCUT2D eigenvalue weighted by molar-refractivity contribution is 6.31. The molecule has 0 atom stereocenters. The van der Waals surface area contributed by atoms with Crippen molar-refractivity contribution in [1.29, 1.82) is 0 Å². The first kappa shape index (κ1) is 14.6. The lowest BCUT2D eigenvalue weighted by molar-refractivity contribution is 0.102. The molecule has 0 radical (unpaired) electrons. The second kappa shape index (κ2) is 6.55. The van der Waals surface area contributed by atoms with Gasteiger partial charge in [-0.05, 0) is 55.3 Å². The van der Waals surface area contributed by atoms with Gasteiger partial charge in [0.15, 0.2) is 0 Å². The monoisotopic (exact) mass is 288 g/mol. The summed E-state index contributed by atoms with van der Waals surface area (Å²) in [6, 6.07) is 12.9. The number of nitrogens with two attached hydrogens (primary N) is 1. The van der Waals surface area contributed by atoms with Crippen molar-refractivity contribution in [3.8, 4) is 0 Å². The maximum atomic E-state index is 12.2. The summed E-state index contributed by atoms with van der Waals surface area (Å²) in [5.74, 6) is -0.144. The van der Waals surface area contributed by atoms with Crippen molar-refractivity contribution in [2.24, 2.45) is 5.73 Å². The van der Waals surface area contributed by atoms with Gasteiger partial charge in [-0.2, -0.15) is 0 Å². The lowest BCUT2D eigenvalue weighted by atomic mass is 10.1. The molecule has 0 aliphatic rings. The zero-order valence-corrected chi connectivity index (χ0v) is 12.1. The largest absolute Gasteiger partial charge is 0.330 e. The van der Waals surface area contributed by atoms with E-state index in [2.05, 4.69) is 5.32 Å². The smallest absolute Gasteiger partial charge is 0.255 e. The van der Waals surface area contributed by atoms with Gasteiger partial charge in [-0.1, -0.05) is 29.8 Å². The fraction of sp³-hybridized carbons (Fsp3) is 0.188. The Morgan fingerprint density at radius 3 is 2.55 bits per heavy atom. The second-order valence-corrected chi connectivity index (χ2v) is 5.01. The van der Waals surface area contributed by atoms with Gasteiger partial charge in [-0.25, -0.2) is 0 Å². The van der Waals surface area contributed by atoms with E-state index in [1.807, 2.05) is 31.2 Å². The van der Waals surface area contributed by atoms with Gasteiger partial charge in [0, 0.05) is 16.3 Å². The van der Waals surface area contributed by atoms with Crippen LogP contribution in [0.4, 0.5) is 5.69 Å². The molecule has 0 heterocycles. The molecule has 0 aliphatic heterocycles. The van der Waals surface area contributed by atoms with Gasteiger partial charge in [-0.15, -0.1) is 0 Å². The van der Waals surface area contributed by atoms with Gasteiger partial charge in [-0.3, -0.25) is 4.79 Å². The summed E-state index contributed by atoms with van der Waals surface area (Å²) in [5, 5.41) is 3.51. The maximum Gasteiger partial charge on any atom is 0.255 e. The maximum absolute atomic E-state index is 12.2. The van der Waals surface area contributed by atoms with Crippen LogP contribution in [0.5, 0.6) is 0 Å². The van der Waals surface area contributed by atoms with Crippen LogP contribution in [-0.4, -0.2) is 12.5 Å². The van der Waals surface area contributed by atoms with Crippen molar-refractivity contribution in [2.75, 3.05) is 11.9 Å². The normalized spacial score (nSPS) is 10.3. The molecule has 2 rings (SSSR count). The van der Waals surface area contributed by atoms with Gasteiger partial charge in [0.05, 0.1) is 0 Å². The van der Waals surface area contributed by atoms with E-state index in [1.54, 1.807) is 18.2 Å². The van der Waals surface area contributed by atoms with E-state index in [1.165, 1.54) is 0 Å². The van der Waals surface area contributed by atoms with Crippen LogP contribution in [0.1, 0.15) is 21.5 Å². The first-order valence-corrected chi connectivity index (χ1v) is 6.85. The van der Waals surface area contributed by atoms with Crippen molar-refractivity contribution in [3.05, 3.63) is 64.2 Å².